The number of amides is 1. The van der Waals surface area contributed by atoms with Gasteiger partial charge in [-0.2, -0.15) is 26.3 Å². The zero-order chi connectivity index (χ0) is 19.0. The third-order valence-electron chi connectivity index (χ3n) is 3.40. The Labute approximate surface area is 141 Å². The van der Waals surface area contributed by atoms with Gasteiger partial charge in [0.25, 0.3) is 5.91 Å². The number of carbonyl (C=O) groups is 2. The van der Waals surface area contributed by atoms with Crippen LogP contribution in [0.5, 0.6) is 0 Å². The lowest BCUT2D eigenvalue weighted by atomic mass is 9.90. The third kappa shape index (κ3) is 4.71. The van der Waals surface area contributed by atoms with Crippen LogP contribution in [0.4, 0.5) is 26.3 Å². The molecule has 0 fully saturated rings. The Morgan fingerprint density at radius 1 is 1.20 bits per heavy atom. The second-order valence-electron chi connectivity index (χ2n) is 5.30. The van der Waals surface area contributed by atoms with E-state index in [1.54, 1.807) is 0 Å². The number of halogens is 7. The summed E-state index contributed by atoms with van der Waals surface area (Å²) < 4.78 is 76.2. The number of rotatable bonds is 2. The largest absolute Gasteiger partial charge is 0.417 e. The van der Waals surface area contributed by atoms with E-state index >= 15 is 0 Å². The van der Waals surface area contributed by atoms with Crippen LogP contribution in [0.15, 0.2) is 24.0 Å². The van der Waals surface area contributed by atoms with Crippen molar-refractivity contribution in [1.82, 2.24) is 10.3 Å². The number of ketones is 1. The minimum Gasteiger partial charge on any atom is -0.325 e. The second-order valence-corrected chi connectivity index (χ2v) is 5.65. The van der Waals surface area contributed by atoms with Gasteiger partial charge in [0.15, 0.2) is 5.78 Å². The first-order chi connectivity index (χ1) is 11.4. The fourth-order valence-corrected chi connectivity index (χ4v) is 2.38. The van der Waals surface area contributed by atoms with Crippen LogP contribution >= 0.6 is 11.6 Å². The number of hydrogen-bond acceptors (Lipinski definition) is 3. The van der Waals surface area contributed by atoms with Crippen molar-refractivity contribution >= 4 is 23.3 Å². The van der Waals surface area contributed by atoms with E-state index in [9.17, 15) is 35.9 Å². The van der Waals surface area contributed by atoms with Crippen molar-refractivity contribution < 1.29 is 35.9 Å². The quantitative estimate of drug-likeness (QED) is 0.619. The van der Waals surface area contributed by atoms with Crippen LogP contribution in [0.3, 0.4) is 0 Å². The highest BCUT2D eigenvalue weighted by molar-refractivity contribution is 6.32. The van der Waals surface area contributed by atoms with E-state index in [1.807, 2.05) is 5.32 Å². The molecule has 0 spiro atoms. The molecule has 1 aliphatic carbocycles. The molecule has 11 heteroatoms. The van der Waals surface area contributed by atoms with Gasteiger partial charge >= 0.3 is 12.4 Å². The molecular formula is C14H9ClF6N2O2. The van der Waals surface area contributed by atoms with Crippen molar-refractivity contribution in [3.63, 3.8) is 0 Å². The summed E-state index contributed by atoms with van der Waals surface area (Å²) in [5.74, 6) is -4.02. The van der Waals surface area contributed by atoms with Crippen LogP contribution in [-0.4, -0.2) is 22.9 Å². The van der Waals surface area contributed by atoms with Crippen LogP contribution in [0.2, 0.25) is 5.15 Å². The van der Waals surface area contributed by atoms with Crippen LogP contribution in [0.1, 0.15) is 28.8 Å². The van der Waals surface area contributed by atoms with Crippen LogP contribution in [0, 0.1) is 5.92 Å². The molecular weight excluding hydrogens is 378 g/mol. The molecule has 136 valence electrons. The monoisotopic (exact) mass is 386 g/mol. The number of allylic oxidation sites excluding steroid dienone is 2. The highest BCUT2D eigenvalue weighted by Crippen LogP contribution is 2.36. The maximum absolute atomic E-state index is 12.7. The van der Waals surface area contributed by atoms with Gasteiger partial charge in [-0.15, -0.1) is 0 Å². The summed E-state index contributed by atoms with van der Waals surface area (Å²) in [5, 5.41) is 1.44. The molecule has 0 saturated heterocycles. The highest BCUT2D eigenvalue weighted by Gasteiger charge is 2.43. The summed E-state index contributed by atoms with van der Waals surface area (Å²) in [6.45, 7) is 0. The Morgan fingerprint density at radius 3 is 2.40 bits per heavy atom. The molecule has 0 bridgehead atoms. The normalized spacial score (nSPS) is 18.8. The molecule has 0 radical (unpaired) electrons. The number of nitrogens with one attached hydrogen (secondary N) is 1. The first-order valence-corrected chi connectivity index (χ1v) is 7.10. The molecule has 1 heterocycles. The average molecular weight is 387 g/mol. The molecule has 1 amide bonds. The Kier molecular flexibility index (Phi) is 5.12. The maximum Gasteiger partial charge on any atom is 0.417 e. The first-order valence-electron chi connectivity index (χ1n) is 6.72. The van der Waals surface area contributed by atoms with E-state index in [-0.39, 0.29) is 5.70 Å². The molecule has 1 aliphatic rings. The fraction of sp³-hybridized carbons (Fsp3) is 0.357. The fourth-order valence-electron chi connectivity index (χ4n) is 2.19. The van der Waals surface area contributed by atoms with Gasteiger partial charge in [0.1, 0.15) is 5.15 Å². The summed E-state index contributed by atoms with van der Waals surface area (Å²) in [7, 11) is 0. The lowest BCUT2D eigenvalue weighted by Crippen LogP contribution is -2.34. The van der Waals surface area contributed by atoms with E-state index < -0.39 is 59.1 Å². The second kappa shape index (κ2) is 6.66. The molecule has 1 N–H and O–H groups in total. The van der Waals surface area contributed by atoms with E-state index in [2.05, 4.69) is 4.98 Å². The molecule has 4 nitrogen and oxygen atoms in total. The van der Waals surface area contributed by atoms with Crippen molar-refractivity contribution in [2.24, 2.45) is 5.92 Å². The topological polar surface area (TPSA) is 59.1 Å². The average Bonchev–Trinajstić information content (AvgIpc) is 2.44. The van der Waals surface area contributed by atoms with Gasteiger partial charge in [-0.3, -0.25) is 9.59 Å². The zero-order valence-corrected chi connectivity index (χ0v) is 12.9. The minimum absolute atomic E-state index is 0.350. The molecule has 2 rings (SSSR count). The molecule has 1 aromatic heterocycles. The predicted molar refractivity (Wildman–Crippen MR) is 73.6 cm³/mol. The predicted octanol–water partition coefficient (Wildman–Crippen LogP) is 3.91. The molecule has 0 aromatic carbocycles. The Morgan fingerprint density at radius 2 is 1.84 bits per heavy atom. The number of aromatic nitrogens is 1. The molecule has 0 saturated carbocycles. The van der Waals surface area contributed by atoms with Crippen molar-refractivity contribution in [2.45, 2.75) is 25.2 Å². The minimum atomic E-state index is -4.78. The third-order valence-corrected chi connectivity index (χ3v) is 3.70. The number of nitrogens with zero attached hydrogens (tertiary/aromatic N) is 1. The number of carbonyl (C=O) groups excluding carboxylic acids is 2. The van der Waals surface area contributed by atoms with Gasteiger partial charge < -0.3 is 5.32 Å². The number of hydrogen-bond donors (Lipinski definition) is 1. The van der Waals surface area contributed by atoms with E-state index in [0.717, 1.165) is 6.08 Å². The van der Waals surface area contributed by atoms with E-state index in [0.29, 0.717) is 12.3 Å². The van der Waals surface area contributed by atoms with Crippen molar-refractivity contribution in [3.05, 3.63) is 40.3 Å². The standard InChI is InChI=1S/C14H9ClF6N2O2/c15-11-10(3-7(5-22-11)14(19,20)21)12(25)23-8-1-6(13(16,17)18)2-9(24)4-8/h3-6H,1-2H2,(H,23,25). The van der Waals surface area contributed by atoms with Crippen LogP contribution < -0.4 is 5.32 Å². The van der Waals surface area contributed by atoms with Gasteiger partial charge in [0.2, 0.25) is 0 Å². The van der Waals surface area contributed by atoms with Crippen LogP contribution in [0.25, 0.3) is 0 Å². The van der Waals surface area contributed by atoms with Gasteiger partial charge in [0, 0.05) is 24.4 Å². The highest BCUT2D eigenvalue weighted by atomic mass is 35.5. The van der Waals surface area contributed by atoms with Gasteiger partial charge in [-0.1, -0.05) is 11.6 Å². The first kappa shape index (κ1) is 19.2. The summed E-state index contributed by atoms with van der Waals surface area (Å²) in [4.78, 5) is 26.7. The smallest absolute Gasteiger partial charge is 0.325 e. The molecule has 1 unspecified atom stereocenters. The van der Waals surface area contributed by atoms with Gasteiger partial charge in [0.05, 0.1) is 17.0 Å². The summed E-state index contributed by atoms with van der Waals surface area (Å²) in [6.07, 6.45) is -9.62. The van der Waals surface area contributed by atoms with Gasteiger partial charge in [-0.05, 0) is 12.5 Å². The van der Waals surface area contributed by atoms with E-state index in [1.165, 1.54) is 0 Å². The summed E-state index contributed by atoms with van der Waals surface area (Å²) in [5.41, 5.74) is -2.26. The Balaban J connectivity index is 2.24. The SMILES string of the molecule is O=C1C=C(NC(=O)c2cc(C(F)(F)F)cnc2Cl)CC(C(F)(F)F)C1. The van der Waals surface area contributed by atoms with Crippen molar-refractivity contribution in [1.29, 1.82) is 0 Å². The lowest BCUT2D eigenvalue weighted by molar-refractivity contribution is -0.178. The van der Waals surface area contributed by atoms with Crippen molar-refractivity contribution in [2.75, 3.05) is 0 Å². The molecule has 1 atom stereocenters. The van der Waals surface area contributed by atoms with Crippen LogP contribution in [-0.2, 0) is 11.0 Å². The molecule has 25 heavy (non-hydrogen) atoms. The molecule has 1 aromatic rings. The van der Waals surface area contributed by atoms with E-state index in [4.69, 9.17) is 11.6 Å². The molecule has 0 aliphatic heterocycles. The zero-order valence-electron chi connectivity index (χ0n) is 12.1. The van der Waals surface area contributed by atoms with Gasteiger partial charge in [-0.25, -0.2) is 4.98 Å². The Hall–Kier alpha value is -2.10. The van der Waals surface area contributed by atoms with Crippen molar-refractivity contribution in [3.8, 4) is 0 Å². The number of alkyl halides is 6. The lowest BCUT2D eigenvalue weighted by Gasteiger charge is -2.24. The summed E-state index contributed by atoms with van der Waals surface area (Å²) in [6, 6.07) is 0.428. The Bertz CT molecular complexity index is 742. The number of pyridine rings is 1. The maximum atomic E-state index is 12.7. The summed E-state index contributed by atoms with van der Waals surface area (Å²) >= 11 is 5.58.